The van der Waals surface area contributed by atoms with Gasteiger partial charge in [-0.15, -0.1) is 0 Å². The second-order valence-corrected chi connectivity index (χ2v) is 3.69. The van der Waals surface area contributed by atoms with Crippen LogP contribution in [0.5, 0.6) is 0 Å². The number of amides is 1. The van der Waals surface area contributed by atoms with Gasteiger partial charge in [0.25, 0.3) is 5.91 Å². The van der Waals surface area contributed by atoms with E-state index in [0.29, 0.717) is 5.56 Å². The quantitative estimate of drug-likeness (QED) is 0.801. The molecule has 1 atom stereocenters. The smallest absolute Gasteiger partial charge is 0.253 e. The van der Waals surface area contributed by atoms with Gasteiger partial charge in [-0.1, -0.05) is 18.2 Å². The Balaban J connectivity index is 1.91. The lowest BCUT2D eigenvalue weighted by Gasteiger charge is -2.23. The van der Waals surface area contributed by atoms with Crippen molar-refractivity contribution < 1.29 is 9.53 Å². The minimum atomic E-state index is -0.105. The zero-order valence-electron chi connectivity index (χ0n) is 8.61. The van der Waals surface area contributed by atoms with Gasteiger partial charge in [0, 0.05) is 12.2 Å². The summed E-state index contributed by atoms with van der Waals surface area (Å²) < 4.78 is 5.44. The van der Waals surface area contributed by atoms with Crippen LogP contribution in [0.25, 0.3) is 0 Å². The average molecular weight is 205 g/mol. The number of benzene rings is 1. The lowest BCUT2D eigenvalue weighted by Crippen LogP contribution is -2.38. The second-order valence-electron chi connectivity index (χ2n) is 3.69. The van der Waals surface area contributed by atoms with Crippen LogP contribution >= 0.6 is 0 Å². The molecule has 0 aromatic heterocycles. The average Bonchev–Trinajstić information content (AvgIpc) is 2.31. The van der Waals surface area contributed by atoms with Gasteiger partial charge in [-0.3, -0.25) is 4.79 Å². The Labute approximate surface area is 89.4 Å². The van der Waals surface area contributed by atoms with Crippen LogP contribution in [0.15, 0.2) is 30.3 Å². The first kappa shape index (κ1) is 10.2. The fourth-order valence-electron chi connectivity index (χ4n) is 1.67. The van der Waals surface area contributed by atoms with Crippen molar-refractivity contribution in [3.8, 4) is 0 Å². The highest BCUT2D eigenvalue weighted by Gasteiger charge is 2.16. The van der Waals surface area contributed by atoms with E-state index in [9.17, 15) is 4.79 Å². The highest BCUT2D eigenvalue weighted by molar-refractivity contribution is 5.94. The summed E-state index contributed by atoms with van der Waals surface area (Å²) in [5, 5.41) is 2.87. The molecule has 1 aromatic rings. The first-order chi connectivity index (χ1) is 7.36. The van der Waals surface area contributed by atoms with Crippen molar-refractivity contribution in [3.05, 3.63) is 35.9 Å². The number of ether oxygens (including phenoxy) is 1. The molecule has 0 aliphatic carbocycles. The molecule has 1 fully saturated rings. The molecular formula is C12H15NO2. The van der Waals surface area contributed by atoms with Gasteiger partial charge in [0.2, 0.25) is 0 Å². The van der Waals surface area contributed by atoms with Gasteiger partial charge in [-0.25, -0.2) is 0 Å². The Kier molecular flexibility index (Phi) is 3.35. The largest absolute Gasteiger partial charge is 0.359 e. The molecule has 0 bridgehead atoms. The summed E-state index contributed by atoms with van der Waals surface area (Å²) in [7, 11) is 0. The molecule has 3 heteroatoms. The third-order valence-electron chi connectivity index (χ3n) is 2.51. The fraction of sp³-hybridized carbons (Fsp3) is 0.417. The number of carbonyl (C=O) groups is 1. The van der Waals surface area contributed by atoms with E-state index in [1.807, 2.05) is 18.2 Å². The Morgan fingerprint density at radius 1 is 1.27 bits per heavy atom. The van der Waals surface area contributed by atoms with Crippen molar-refractivity contribution in [2.45, 2.75) is 25.5 Å². The van der Waals surface area contributed by atoms with Crippen LogP contribution in [-0.2, 0) is 4.74 Å². The molecule has 0 spiro atoms. The summed E-state index contributed by atoms with van der Waals surface area (Å²) in [5.74, 6) is -0.0532. The first-order valence-electron chi connectivity index (χ1n) is 5.34. The Bertz CT molecular complexity index is 318. The summed E-state index contributed by atoms with van der Waals surface area (Å²) in [4.78, 5) is 11.7. The minimum absolute atomic E-state index is 0.0532. The van der Waals surface area contributed by atoms with Crippen LogP contribution in [0.2, 0.25) is 0 Å². The molecule has 3 nitrogen and oxygen atoms in total. The Morgan fingerprint density at radius 3 is 2.73 bits per heavy atom. The van der Waals surface area contributed by atoms with E-state index in [1.165, 1.54) is 0 Å². The molecule has 1 aromatic carbocycles. The molecule has 0 unspecified atom stereocenters. The molecule has 1 amide bonds. The van der Waals surface area contributed by atoms with Crippen molar-refractivity contribution in [2.75, 3.05) is 6.61 Å². The molecule has 15 heavy (non-hydrogen) atoms. The maximum absolute atomic E-state index is 11.7. The van der Waals surface area contributed by atoms with Gasteiger partial charge in [-0.05, 0) is 31.4 Å². The van der Waals surface area contributed by atoms with Gasteiger partial charge in [0.15, 0.2) is 0 Å². The van der Waals surface area contributed by atoms with E-state index >= 15 is 0 Å². The van der Waals surface area contributed by atoms with Crippen LogP contribution in [0, 0.1) is 0 Å². The van der Waals surface area contributed by atoms with E-state index in [0.717, 1.165) is 25.9 Å². The monoisotopic (exact) mass is 205 g/mol. The summed E-state index contributed by atoms with van der Waals surface area (Å²) >= 11 is 0. The van der Waals surface area contributed by atoms with Crippen molar-refractivity contribution in [2.24, 2.45) is 0 Å². The zero-order valence-corrected chi connectivity index (χ0v) is 8.61. The molecule has 0 saturated carbocycles. The van der Waals surface area contributed by atoms with E-state index in [4.69, 9.17) is 4.74 Å². The Hall–Kier alpha value is -1.35. The molecule has 1 heterocycles. The van der Waals surface area contributed by atoms with E-state index < -0.39 is 0 Å². The van der Waals surface area contributed by atoms with E-state index in [2.05, 4.69) is 5.32 Å². The van der Waals surface area contributed by atoms with Gasteiger partial charge >= 0.3 is 0 Å². The number of rotatable bonds is 2. The summed E-state index contributed by atoms with van der Waals surface area (Å²) in [5.41, 5.74) is 0.687. The highest BCUT2D eigenvalue weighted by Crippen LogP contribution is 2.11. The molecule has 1 aliphatic rings. The third-order valence-corrected chi connectivity index (χ3v) is 2.51. The first-order valence-corrected chi connectivity index (χ1v) is 5.34. The zero-order chi connectivity index (χ0) is 10.5. The van der Waals surface area contributed by atoms with E-state index in [1.54, 1.807) is 12.1 Å². The maximum Gasteiger partial charge on any atom is 0.253 e. The minimum Gasteiger partial charge on any atom is -0.359 e. The third kappa shape index (κ3) is 2.80. The number of nitrogens with one attached hydrogen (secondary N) is 1. The molecule has 1 saturated heterocycles. The number of carbonyl (C=O) groups excluding carboxylic acids is 1. The summed E-state index contributed by atoms with van der Waals surface area (Å²) in [6.07, 6.45) is 3.03. The highest BCUT2D eigenvalue weighted by atomic mass is 16.5. The standard InChI is InChI=1S/C12H15NO2/c14-12(10-6-2-1-3-7-10)13-11-8-4-5-9-15-11/h1-3,6-7,11H,4-5,8-9H2,(H,13,14)/t11-/m0/s1. The molecular weight excluding hydrogens is 190 g/mol. The molecule has 0 radical (unpaired) electrons. The summed E-state index contributed by atoms with van der Waals surface area (Å²) in [6.45, 7) is 0.750. The maximum atomic E-state index is 11.7. The molecule has 80 valence electrons. The number of hydrogen-bond donors (Lipinski definition) is 1. The lowest BCUT2D eigenvalue weighted by atomic mass is 10.1. The van der Waals surface area contributed by atoms with Crippen molar-refractivity contribution >= 4 is 5.91 Å². The van der Waals surface area contributed by atoms with Crippen LogP contribution in [-0.4, -0.2) is 18.7 Å². The number of hydrogen-bond acceptors (Lipinski definition) is 2. The van der Waals surface area contributed by atoms with Crippen LogP contribution in [0.4, 0.5) is 0 Å². The predicted molar refractivity (Wildman–Crippen MR) is 57.5 cm³/mol. The Morgan fingerprint density at radius 2 is 2.07 bits per heavy atom. The van der Waals surface area contributed by atoms with Crippen molar-refractivity contribution in [1.82, 2.24) is 5.32 Å². The van der Waals surface area contributed by atoms with Gasteiger partial charge in [0.1, 0.15) is 6.23 Å². The van der Waals surface area contributed by atoms with Crippen LogP contribution < -0.4 is 5.32 Å². The normalized spacial score (nSPS) is 20.9. The van der Waals surface area contributed by atoms with Crippen molar-refractivity contribution in [1.29, 1.82) is 0 Å². The molecule has 2 rings (SSSR count). The fourth-order valence-corrected chi connectivity index (χ4v) is 1.67. The predicted octanol–water partition coefficient (Wildman–Crippen LogP) is 1.94. The van der Waals surface area contributed by atoms with Crippen LogP contribution in [0.1, 0.15) is 29.6 Å². The van der Waals surface area contributed by atoms with Crippen molar-refractivity contribution in [3.63, 3.8) is 0 Å². The van der Waals surface area contributed by atoms with Crippen LogP contribution in [0.3, 0.4) is 0 Å². The SMILES string of the molecule is O=C(N[C@@H]1CCCCO1)c1ccccc1. The lowest BCUT2D eigenvalue weighted by molar-refractivity contribution is -0.00265. The van der Waals surface area contributed by atoms with Gasteiger partial charge in [-0.2, -0.15) is 0 Å². The summed E-state index contributed by atoms with van der Waals surface area (Å²) in [6, 6.07) is 9.22. The molecule has 1 aliphatic heterocycles. The second kappa shape index (κ2) is 4.94. The topological polar surface area (TPSA) is 38.3 Å². The van der Waals surface area contributed by atoms with Gasteiger partial charge in [0.05, 0.1) is 0 Å². The van der Waals surface area contributed by atoms with Gasteiger partial charge < -0.3 is 10.1 Å². The van der Waals surface area contributed by atoms with E-state index in [-0.39, 0.29) is 12.1 Å². The molecule has 1 N–H and O–H groups in total.